The molecule has 0 spiro atoms. The van der Waals surface area contributed by atoms with Crippen LogP contribution in [0, 0.1) is 5.92 Å². The minimum Gasteiger partial charge on any atom is -0.399 e. The molecule has 1 aromatic rings. The molecule has 1 fully saturated rings. The van der Waals surface area contributed by atoms with Gasteiger partial charge in [0.2, 0.25) is 10.0 Å². The SMILES string of the molecule is CN1CCC(CN(C)S(=O)(=O)c2c(Cl)cc(N)cc2Cl)C1. The van der Waals surface area contributed by atoms with Crippen molar-refractivity contribution in [1.29, 1.82) is 0 Å². The summed E-state index contributed by atoms with van der Waals surface area (Å²) in [7, 11) is -0.144. The van der Waals surface area contributed by atoms with E-state index in [9.17, 15) is 8.42 Å². The average Bonchev–Trinajstić information content (AvgIpc) is 2.72. The van der Waals surface area contributed by atoms with Crippen molar-refractivity contribution in [3.63, 3.8) is 0 Å². The summed E-state index contributed by atoms with van der Waals surface area (Å²) in [5, 5.41) is 0.103. The van der Waals surface area contributed by atoms with Gasteiger partial charge in [-0.25, -0.2) is 12.7 Å². The van der Waals surface area contributed by atoms with Crippen LogP contribution in [-0.4, -0.2) is 51.4 Å². The topological polar surface area (TPSA) is 66.6 Å². The average molecular weight is 352 g/mol. The van der Waals surface area contributed by atoms with E-state index in [-0.39, 0.29) is 14.9 Å². The largest absolute Gasteiger partial charge is 0.399 e. The fraction of sp³-hybridized carbons (Fsp3) is 0.538. The molecular weight excluding hydrogens is 333 g/mol. The molecule has 1 heterocycles. The quantitative estimate of drug-likeness (QED) is 0.844. The molecule has 0 saturated carbocycles. The number of halogens is 2. The predicted octanol–water partition coefficient (Wildman–Crippen LogP) is 2.15. The Hall–Kier alpha value is -0.530. The Morgan fingerprint density at radius 3 is 2.43 bits per heavy atom. The van der Waals surface area contributed by atoms with Crippen molar-refractivity contribution in [2.24, 2.45) is 5.92 Å². The molecule has 1 aliphatic rings. The first-order valence-corrected chi connectivity index (χ1v) is 8.81. The Labute approximate surface area is 135 Å². The Morgan fingerprint density at radius 2 is 1.95 bits per heavy atom. The Morgan fingerprint density at radius 1 is 1.38 bits per heavy atom. The molecule has 21 heavy (non-hydrogen) atoms. The number of rotatable bonds is 4. The van der Waals surface area contributed by atoms with Crippen molar-refractivity contribution in [3.05, 3.63) is 22.2 Å². The van der Waals surface area contributed by atoms with Gasteiger partial charge in [0.15, 0.2) is 0 Å². The van der Waals surface area contributed by atoms with Crippen LogP contribution >= 0.6 is 23.2 Å². The number of nitrogen functional groups attached to an aromatic ring is 1. The summed E-state index contributed by atoms with van der Waals surface area (Å²) in [6.07, 6.45) is 0.986. The number of hydrogen-bond donors (Lipinski definition) is 1. The number of nitrogens with zero attached hydrogens (tertiary/aromatic N) is 2. The maximum absolute atomic E-state index is 12.7. The molecule has 2 N–H and O–H groups in total. The van der Waals surface area contributed by atoms with Gasteiger partial charge >= 0.3 is 0 Å². The van der Waals surface area contributed by atoms with Crippen molar-refractivity contribution in [2.75, 3.05) is 39.5 Å². The van der Waals surface area contributed by atoms with Crippen LogP contribution in [0.15, 0.2) is 17.0 Å². The lowest BCUT2D eigenvalue weighted by atomic mass is 10.1. The van der Waals surface area contributed by atoms with Crippen LogP contribution in [0.25, 0.3) is 0 Å². The van der Waals surface area contributed by atoms with E-state index in [1.165, 1.54) is 16.4 Å². The summed E-state index contributed by atoms with van der Waals surface area (Å²) in [5.41, 5.74) is 5.95. The summed E-state index contributed by atoms with van der Waals surface area (Å²) < 4.78 is 26.6. The zero-order valence-corrected chi connectivity index (χ0v) is 14.3. The second kappa shape index (κ2) is 6.30. The van der Waals surface area contributed by atoms with Gasteiger partial charge in [0.25, 0.3) is 0 Å². The van der Waals surface area contributed by atoms with E-state index in [1.54, 1.807) is 7.05 Å². The highest BCUT2D eigenvalue weighted by atomic mass is 35.5. The number of sulfonamides is 1. The molecule has 5 nitrogen and oxygen atoms in total. The van der Waals surface area contributed by atoms with Crippen LogP contribution in [0.4, 0.5) is 5.69 Å². The highest BCUT2D eigenvalue weighted by molar-refractivity contribution is 7.89. The standard InChI is InChI=1S/C13H19Cl2N3O2S/c1-17-4-3-9(7-17)8-18(2)21(19,20)13-11(14)5-10(16)6-12(13)15/h5-6,9H,3-4,7-8,16H2,1-2H3. The van der Waals surface area contributed by atoms with Gasteiger partial charge in [0.05, 0.1) is 10.0 Å². The second-order valence-corrected chi connectivity index (χ2v) is 8.31. The molecule has 2 rings (SSSR count). The van der Waals surface area contributed by atoms with E-state index in [0.717, 1.165) is 19.5 Å². The second-order valence-electron chi connectivity index (χ2n) is 5.52. The van der Waals surface area contributed by atoms with Gasteiger partial charge in [-0.15, -0.1) is 0 Å². The highest BCUT2D eigenvalue weighted by Crippen LogP contribution is 2.34. The summed E-state index contributed by atoms with van der Waals surface area (Å²) in [4.78, 5) is 2.11. The van der Waals surface area contributed by atoms with Gasteiger partial charge in [-0.3, -0.25) is 0 Å². The lowest BCUT2D eigenvalue weighted by molar-refractivity contribution is 0.357. The van der Waals surface area contributed by atoms with Gasteiger partial charge in [-0.05, 0) is 38.1 Å². The van der Waals surface area contributed by atoms with Gasteiger partial charge < -0.3 is 10.6 Å². The number of likely N-dealkylation sites (tertiary alicyclic amines) is 1. The fourth-order valence-electron chi connectivity index (χ4n) is 2.62. The van der Waals surface area contributed by atoms with E-state index >= 15 is 0 Å². The highest BCUT2D eigenvalue weighted by Gasteiger charge is 2.30. The normalized spacial score (nSPS) is 20.3. The summed E-state index contributed by atoms with van der Waals surface area (Å²) in [6.45, 7) is 2.33. The first-order chi connectivity index (χ1) is 9.71. The van der Waals surface area contributed by atoms with Crippen LogP contribution < -0.4 is 5.73 Å². The van der Waals surface area contributed by atoms with Crippen molar-refractivity contribution in [2.45, 2.75) is 11.3 Å². The van der Waals surface area contributed by atoms with Crippen molar-refractivity contribution < 1.29 is 8.42 Å². The third-order valence-corrected chi connectivity index (χ3v) is 6.44. The molecule has 0 amide bonds. The molecule has 1 atom stereocenters. The Balaban J connectivity index is 2.25. The molecule has 1 aromatic carbocycles. The Kier molecular flexibility index (Phi) is 5.05. The van der Waals surface area contributed by atoms with Crippen LogP contribution in [0.5, 0.6) is 0 Å². The maximum atomic E-state index is 12.7. The summed E-state index contributed by atoms with van der Waals surface area (Å²) in [5.74, 6) is 0.320. The summed E-state index contributed by atoms with van der Waals surface area (Å²) in [6, 6.07) is 2.80. The number of nitrogens with two attached hydrogens (primary N) is 1. The van der Waals surface area contributed by atoms with E-state index in [4.69, 9.17) is 28.9 Å². The number of benzene rings is 1. The van der Waals surface area contributed by atoms with Crippen molar-refractivity contribution >= 4 is 38.9 Å². The van der Waals surface area contributed by atoms with Crippen LogP contribution in [0.2, 0.25) is 10.0 Å². The van der Waals surface area contributed by atoms with Gasteiger partial charge in [0.1, 0.15) is 4.90 Å². The van der Waals surface area contributed by atoms with E-state index in [2.05, 4.69) is 4.90 Å². The lowest BCUT2D eigenvalue weighted by Crippen LogP contribution is -2.33. The smallest absolute Gasteiger partial charge is 0.245 e. The molecule has 1 saturated heterocycles. The van der Waals surface area contributed by atoms with Gasteiger partial charge in [-0.2, -0.15) is 0 Å². The molecule has 0 radical (unpaired) electrons. The van der Waals surface area contributed by atoms with Crippen LogP contribution in [0.3, 0.4) is 0 Å². The van der Waals surface area contributed by atoms with E-state index in [1.807, 2.05) is 7.05 Å². The Bertz CT molecular complexity index is 613. The predicted molar refractivity (Wildman–Crippen MR) is 86.3 cm³/mol. The molecule has 118 valence electrons. The first-order valence-electron chi connectivity index (χ1n) is 6.61. The fourth-order valence-corrected chi connectivity index (χ4v) is 5.04. The van der Waals surface area contributed by atoms with Crippen LogP contribution in [0.1, 0.15) is 6.42 Å². The molecule has 0 aliphatic carbocycles. The number of hydrogen-bond acceptors (Lipinski definition) is 4. The molecule has 1 unspecified atom stereocenters. The van der Waals surface area contributed by atoms with E-state index in [0.29, 0.717) is 18.2 Å². The molecule has 0 aromatic heterocycles. The minimum absolute atomic E-state index is 0.0513. The maximum Gasteiger partial charge on any atom is 0.245 e. The monoisotopic (exact) mass is 351 g/mol. The zero-order chi connectivity index (χ0) is 15.8. The van der Waals surface area contributed by atoms with Gasteiger partial charge in [-0.1, -0.05) is 23.2 Å². The third-order valence-electron chi connectivity index (χ3n) is 3.69. The van der Waals surface area contributed by atoms with Crippen molar-refractivity contribution in [3.8, 4) is 0 Å². The van der Waals surface area contributed by atoms with E-state index < -0.39 is 10.0 Å². The van der Waals surface area contributed by atoms with Crippen molar-refractivity contribution in [1.82, 2.24) is 9.21 Å². The molecule has 8 heteroatoms. The van der Waals surface area contributed by atoms with Gasteiger partial charge in [0, 0.05) is 25.8 Å². The minimum atomic E-state index is -3.73. The summed E-state index contributed by atoms with van der Waals surface area (Å²) >= 11 is 12.0. The molecule has 1 aliphatic heterocycles. The molecular formula is C13H19Cl2N3O2S. The van der Waals surface area contributed by atoms with Crippen LogP contribution in [-0.2, 0) is 10.0 Å². The number of anilines is 1. The third kappa shape index (κ3) is 3.63. The lowest BCUT2D eigenvalue weighted by Gasteiger charge is -2.22. The molecule has 0 bridgehead atoms. The first kappa shape index (κ1) is 16.8. The zero-order valence-electron chi connectivity index (χ0n) is 12.0.